The minimum Gasteiger partial charge on any atom is -0.343 e. The molecule has 0 aliphatic rings. The molecule has 0 bridgehead atoms. The number of anilines is 3. The van der Waals surface area contributed by atoms with Gasteiger partial charge < -0.3 is 9.80 Å². The molecule has 2 aromatic heterocycles. The van der Waals surface area contributed by atoms with Gasteiger partial charge in [-0.05, 0) is 62.6 Å². The molecule has 1 aromatic carbocycles. The molecule has 27 heavy (non-hydrogen) atoms. The quantitative estimate of drug-likeness (QED) is 0.627. The molecule has 2 heterocycles. The summed E-state index contributed by atoms with van der Waals surface area (Å²) in [7, 11) is 2.04. The van der Waals surface area contributed by atoms with Crippen LogP contribution in [0, 0.1) is 13.8 Å². The van der Waals surface area contributed by atoms with Crippen molar-refractivity contribution in [2.24, 2.45) is 0 Å². The van der Waals surface area contributed by atoms with Crippen LogP contribution < -0.4 is 9.80 Å². The van der Waals surface area contributed by atoms with Crippen molar-refractivity contribution in [3.63, 3.8) is 0 Å². The van der Waals surface area contributed by atoms with Crippen LogP contribution >= 0.6 is 0 Å². The highest BCUT2D eigenvalue weighted by Crippen LogP contribution is 2.26. The van der Waals surface area contributed by atoms with Crippen LogP contribution in [0.15, 0.2) is 54.9 Å². The lowest BCUT2D eigenvalue weighted by molar-refractivity contribution is 0.826. The number of likely N-dealkylation sites (N-methyl/N-ethyl adjacent to an activating group) is 1. The highest BCUT2D eigenvalue weighted by Gasteiger charge is 2.13. The Labute approximate surface area is 161 Å². The van der Waals surface area contributed by atoms with Crippen molar-refractivity contribution >= 4 is 17.5 Å². The molecule has 0 radical (unpaired) electrons. The Morgan fingerprint density at radius 1 is 0.963 bits per heavy atom. The predicted octanol–water partition coefficient (Wildman–Crippen LogP) is 4.33. The first kappa shape index (κ1) is 18.8. The summed E-state index contributed by atoms with van der Waals surface area (Å²) >= 11 is 0. The SMILES string of the molecule is CCN(c1cccc(C)c1)c1cc(C)nc(N(C)CCc2ccncc2)n1. The fraction of sp³-hybridized carbons (Fsp3) is 0.318. The molecule has 0 spiro atoms. The fourth-order valence-corrected chi connectivity index (χ4v) is 3.06. The Bertz CT molecular complexity index is 879. The third-order valence-electron chi connectivity index (χ3n) is 4.56. The molecular formula is C22H27N5. The normalized spacial score (nSPS) is 10.7. The van der Waals surface area contributed by atoms with Crippen molar-refractivity contribution in [3.8, 4) is 0 Å². The van der Waals surface area contributed by atoms with Gasteiger partial charge in [0.05, 0.1) is 0 Å². The van der Waals surface area contributed by atoms with Gasteiger partial charge in [0.1, 0.15) is 5.82 Å². The molecule has 0 aliphatic heterocycles. The Hall–Kier alpha value is -2.95. The average molecular weight is 361 g/mol. The standard InChI is InChI=1S/C22H27N5/c1-5-27(20-8-6-7-17(2)15-20)21-16-18(3)24-22(25-21)26(4)14-11-19-9-12-23-13-10-19/h6-10,12-13,15-16H,5,11,14H2,1-4H3. The van der Waals surface area contributed by atoms with Gasteiger partial charge in [-0.2, -0.15) is 4.98 Å². The lowest BCUT2D eigenvalue weighted by atomic mass is 10.2. The highest BCUT2D eigenvalue weighted by atomic mass is 15.3. The van der Waals surface area contributed by atoms with E-state index in [2.05, 4.69) is 57.9 Å². The second-order valence-electron chi connectivity index (χ2n) is 6.78. The zero-order chi connectivity index (χ0) is 19.2. The van der Waals surface area contributed by atoms with Crippen molar-refractivity contribution in [1.82, 2.24) is 15.0 Å². The molecule has 0 N–H and O–H groups in total. The summed E-state index contributed by atoms with van der Waals surface area (Å²) in [5.74, 6) is 1.69. The Morgan fingerprint density at radius 3 is 2.44 bits per heavy atom. The smallest absolute Gasteiger partial charge is 0.227 e. The van der Waals surface area contributed by atoms with Crippen LogP contribution in [0.25, 0.3) is 0 Å². The van der Waals surface area contributed by atoms with Gasteiger partial charge in [0.25, 0.3) is 0 Å². The van der Waals surface area contributed by atoms with Gasteiger partial charge in [-0.25, -0.2) is 4.98 Å². The predicted molar refractivity (Wildman–Crippen MR) is 112 cm³/mol. The monoisotopic (exact) mass is 361 g/mol. The zero-order valence-corrected chi connectivity index (χ0v) is 16.6. The molecule has 0 saturated carbocycles. The Balaban J connectivity index is 1.82. The third kappa shape index (κ3) is 4.82. The van der Waals surface area contributed by atoms with Crippen molar-refractivity contribution < 1.29 is 0 Å². The molecule has 3 aromatic rings. The summed E-state index contributed by atoms with van der Waals surface area (Å²) < 4.78 is 0. The van der Waals surface area contributed by atoms with Gasteiger partial charge in [-0.3, -0.25) is 4.98 Å². The molecule has 0 unspecified atom stereocenters. The van der Waals surface area contributed by atoms with Crippen LogP contribution in [0.2, 0.25) is 0 Å². The molecule has 0 amide bonds. The number of hydrogen-bond donors (Lipinski definition) is 0. The van der Waals surface area contributed by atoms with Crippen LogP contribution in [0.5, 0.6) is 0 Å². The number of rotatable bonds is 7. The van der Waals surface area contributed by atoms with Crippen LogP contribution in [-0.4, -0.2) is 35.1 Å². The second kappa shape index (κ2) is 8.62. The molecular weight excluding hydrogens is 334 g/mol. The summed E-state index contributed by atoms with van der Waals surface area (Å²) in [5.41, 5.74) is 4.63. The maximum absolute atomic E-state index is 4.85. The number of nitrogens with zero attached hydrogens (tertiary/aromatic N) is 5. The molecule has 0 aliphatic carbocycles. The Kier molecular flexibility index (Phi) is 6.01. The van der Waals surface area contributed by atoms with E-state index in [0.717, 1.165) is 42.7 Å². The van der Waals surface area contributed by atoms with E-state index in [9.17, 15) is 0 Å². The number of benzene rings is 1. The third-order valence-corrected chi connectivity index (χ3v) is 4.56. The van der Waals surface area contributed by atoms with E-state index < -0.39 is 0 Å². The van der Waals surface area contributed by atoms with Gasteiger partial charge in [0.15, 0.2) is 0 Å². The van der Waals surface area contributed by atoms with Gasteiger partial charge >= 0.3 is 0 Å². The van der Waals surface area contributed by atoms with Gasteiger partial charge in [-0.1, -0.05) is 12.1 Å². The van der Waals surface area contributed by atoms with Crippen LogP contribution in [0.4, 0.5) is 17.5 Å². The molecule has 140 valence electrons. The first-order valence-electron chi connectivity index (χ1n) is 9.36. The number of hydrogen-bond acceptors (Lipinski definition) is 5. The zero-order valence-electron chi connectivity index (χ0n) is 16.6. The number of aromatic nitrogens is 3. The maximum Gasteiger partial charge on any atom is 0.227 e. The minimum atomic E-state index is 0.755. The maximum atomic E-state index is 4.85. The first-order chi connectivity index (χ1) is 13.1. The van der Waals surface area contributed by atoms with Crippen molar-refractivity contribution in [1.29, 1.82) is 0 Å². The van der Waals surface area contributed by atoms with E-state index >= 15 is 0 Å². The summed E-state index contributed by atoms with van der Waals surface area (Å²) in [4.78, 5) is 17.9. The van der Waals surface area contributed by atoms with E-state index in [4.69, 9.17) is 4.98 Å². The lowest BCUT2D eigenvalue weighted by Crippen LogP contribution is -2.25. The first-order valence-corrected chi connectivity index (χ1v) is 9.36. The molecule has 0 fully saturated rings. The van der Waals surface area contributed by atoms with Gasteiger partial charge in [0.2, 0.25) is 5.95 Å². The van der Waals surface area contributed by atoms with Crippen molar-refractivity contribution in [2.45, 2.75) is 27.2 Å². The summed E-state index contributed by atoms with van der Waals surface area (Å²) in [6, 6.07) is 14.7. The van der Waals surface area contributed by atoms with Crippen LogP contribution in [-0.2, 0) is 6.42 Å². The highest BCUT2D eigenvalue weighted by molar-refractivity contribution is 5.62. The topological polar surface area (TPSA) is 45.2 Å². The summed E-state index contributed by atoms with van der Waals surface area (Å²) in [6.45, 7) is 7.98. The number of aryl methyl sites for hydroxylation is 2. The number of pyridine rings is 1. The van der Waals surface area contributed by atoms with Crippen molar-refractivity contribution in [3.05, 3.63) is 71.7 Å². The molecule has 3 rings (SSSR count). The minimum absolute atomic E-state index is 0.755. The van der Waals surface area contributed by atoms with Crippen molar-refractivity contribution in [2.75, 3.05) is 29.9 Å². The van der Waals surface area contributed by atoms with E-state index in [1.165, 1.54) is 11.1 Å². The van der Waals surface area contributed by atoms with E-state index in [1.807, 2.05) is 44.6 Å². The van der Waals surface area contributed by atoms with Gasteiger partial charge in [0, 0.05) is 50.0 Å². The lowest BCUT2D eigenvalue weighted by Gasteiger charge is -2.25. The largest absolute Gasteiger partial charge is 0.343 e. The Morgan fingerprint density at radius 2 is 1.74 bits per heavy atom. The molecule has 0 atom stereocenters. The van der Waals surface area contributed by atoms with Crippen LogP contribution in [0.1, 0.15) is 23.7 Å². The van der Waals surface area contributed by atoms with E-state index in [-0.39, 0.29) is 0 Å². The van der Waals surface area contributed by atoms with Gasteiger partial charge in [-0.15, -0.1) is 0 Å². The average Bonchev–Trinajstić information content (AvgIpc) is 2.67. The molecule has 0 saturated heterocycles. The summed E-state index contributed by atoms with van der Waals surface area (Å²) in [5, 5.41) is 0. The fourth-order valence-electron chi connectivity index (χ4n) is 3.06. The van der Waals surface area contributed by atoms with E-state index in [1.54, 1.807) is 0 Å². The summed E-state index contributed by atoms with van der Waals surface area (Å²) in [6.07, 6.45) is 4.59. The van der Waals surface area contributed by atoms with Crippen LogP contribution in [0.3, 0.4) is 0 Å². The molecule has 5 nitrogen and oxygen atoms in total. The van der Waals surface area contributed by atoms with E-state index in [0.29, 0.717) is 0 Å². The molecule has 5 heteroatoms. The second-order valence-corrected chi connectivity index (χ2v) is 6.78.